The summed E-state index contributed by atoms with van der Waals surface area (Å²) in [6.07, 6.45) is 0. The van der Waals surface area contributed by atoms with Crippen molar-refractivity contribution in [3.8, 4) is 17.0 Å². The van der Waals surface area contributed by atoms with Gasteiger partial charge in [-0.05, 0) is 31.2 Å². The lowest BCUT2D eigenvalue weighted by Crippen LogP contribution is -1.96. The third-order valence-corrected chi connectivity index (χ3v) is 3.15. The molecule has 1 aromatic carbocycles. The lowest BCUT2D eigenvalue weighted by atomic mass is 10.1. The molecule has 0 atom stereocenters. The monoisotopic (exact) mass is 264 g/mol. The number of hydrogen-bond donors (Lipinski definition) is 2. The zero-order valence-corrected chi connectivity index (χ0v) is 10.5. The van der Waals surface area contributed by atoms with E-state index in [4.69, 9.17) is 15.6 Å². The highest BCUT2D eigenvalue weighted by atomic mass is 32.1. The zero-order valence-electron chi connectivity index (χ0n) is 9.71. The third kappa shape index (κ3) is 2.43. The summed E-state index contributed by atoms with van der Waals surface area (Å²) < 4.78 is 5.32. The number of thiazole rings is 1. The second-order valence-electron chi connectivity index (χ2n) is 3.49. The van der Waals surface area contributed by atoms with E-state index in [1.165, 1.54) is 0 Å². The van der Waals surface area contributed by atoms with Crippen LogP contribution in [0.3, 0.4) is 0 Å². The summed E-state index contributed by atoms with van der Waals surface area (Å²) in [5, 5.41) is 9.32. The molecule has 0 bridgehead atoms. The number of rotatable bonds is 4. The fourth-order valence-electron chi connectivity index (χ4n) is 1.55. The molecule has 0 unspecified atom stereocenters. The maximum Gasteiger partial charge on any atom is 0.348 e. The number of carboxylic acid groups (broad SMARTS) is 1. The van der Waals surface area contributed by atoms with E-state index in [1.54, 1.807) is 24.3 Å². The van der Waals surface area contributed by atoms with Gasteiger partial charge in [-0.15, -0.1) is 0 Å². The van der Waals surface area contributed by atoms with Crippen molar-refractivity contribution >= 4 is 22.4 Å². The molecule has 0 aliphatic heterocycles. The lowest BCUT2D eigenvalue weighted by Gasteiger charge is -2.03. The topological polar surface area (TPSA) is 85.4 Å². The van der Waals surface area contributed by atoms with Gasteiger partial charge >= 0.3 is 5.97 Å². The maximum absolute atomic E-state index is 11.1. The molecule has 5 nitrogen and oxygen atoms in total. The minimum absolute atomic E-state index is 0.150. The summed E-state index contributed by atoms with van der Waals surface area (Å²) in [5.41, 5.74) is 6.66. The van der Waals surface area contributed by atoms with Crippen LogP contribution in [-0.4, -0.2) is 22.7 Å². The Balaban J connectivity index is 2.39. The lowest BCUT2D eigenvalue weighted by molar-refractivity contribution is 0.0702. The number of aromatic nitrogens is 1. The van der Waals surface area contributed by atoms with Crippen molar-refractivity contribution in [1.29, 1.82) is 0 Å². The minimum atomic E-state index is -1.02. The van der Waals surface area contributed by atoms with Crippen LogP contribution in [0, 0.1) is 0 Å². The molecule has 1 aromatic heterocycles. The number of hydrogen-bond acceptors (Lipinski definition) is 5. The predicted octanol–water partition coefficient (Wildman–Crippen LogP) is 2.49. The van der Waals surface area contributed by atoms with Crippen LogP contribution in [0.25, 0.3) is 11.3 Å². The average molecular weight is 264 g/mol. The zero-order chi connectivity index (χ0) is 13.1. The van der Waals surface area contributed by atoms with Gasteiger partial charge in [-0.2, -0.15) is 0 Å². The van der Waals surface area contributed by atoms with E-state index < -0.39 is 5.97 Å². The standard InChI is InChI=1S/C12H12N2O3S/c1-2-17-8-5-3-7(4-6-8)9-10(11(15)16)18-12(13)14-9/h3-6H,2H2,1H3,(H2,13,14)(H,15,16). The van der Waals surface area contributed by atoms with E-state index in [0.29, 0.717) is 17.9 Å². The number of nitrogens with two attached hydrogens (primary N) is 1. The van der Waals surface area contributed by atoms with Gasteiger partial charge in [-0.3, -0.25) is 0 Å². The predicted molar refractivity (Wildman–Crippen MR) is 70.1 cm³/mol. The largest absolute Gasteiger partial charge is 0.494 e. The van der Waals surface area contributed by atoms with Gasteiger partial charge in [0.15, 0.2) is 5.13 Å². The Morgan fingerprint density at radius 1 is 1.44 bits per heavy atom. The van der Waals surface area contributed by atoms with E-state index in [0.717, 1.165) is 17.1 Å². The van der Waals surface area contributed by atoms with Gasteiger partial charge in [0.2, 0.25) is 0 Å². The van der Waals surface area contributed by atoms with Gasteiger partial charge in [0.25, 0.3) is 0 Å². The SMILES string of the molecule is CCOc1ccc(-c2nc(N)sc2C(=O)O)cc1. The van der Waals surface area contributed by atoms with E-state index in [-0.39, 0.29) is 10.0 Å². The molecule has 18 heavy (non-hydrogen) atoms. The average Bonchev–Trinajstić information content (AvgIpc) is 2.73. The van der Waals surface area contributed by atoms with Gasteiger partial charge in [0, 0.05) is 5.56 Å². The highest BCUT2D eigenvalue weighted by Gasteiger charge is 2.17. The number of aromatic carboxylic acids is 1. The van der Waals surface area contributed by atoms with E-state index >= 15 is 0 Å². The quantitative estimate of drug-likeness (QED) is 0.886. The van der Waals surface area contributed by atoms with Crippen molar-refractivity contribution in [3.05, 3.63) is 29.1 Å². The summed E-state index contributed by atoms with van der Waals surface area (Å²) in [6.45, 7) is 2.49. The van der Waals surface area contributed by atoms with Crippen LogP contribution in [0.15, 0.2) is 24.3 Å². The first-order valence-electron chi connectivity index (χ1n) is 5.34. The van der Waals surface area contributed by atoms with Crippen LogP contribution in [0.1, 0.15) is 16.6 Å². The summed E-state index contributed by atoms with van der Waals surface area (Å²) in [5.74, 6) is -0.283. The molecule has 2 rings (SSSR count). The second kappa shape index (κ2) is 5.05. The van der Waals surface area contributed by atoms with E-state index in [1.807, 2.05) is 6.92 Å². The van der Waals surface area contributed by atoms with Crippen LogP contribution in [0.4, 0.5) is 5.13 Å². The number of carbonyl (C=O) groups is 1. The normalized spacial score (nSPS) is 10.3. The molecule has 94 valence electrons. The Bertz CT molecular complexity index is 563. The molecule has 3 N–H and O–H groups in total. The summed E-state index contributed by atoms with van der Waals surface area (Å²) in [7, 11) is 0. The summed E-state index contributed by atoms with van der Waals surface area (Å²) >= 11 is 0.968. The van der Waals surface area contributed by atoms with Gasteiger partial charge in [0.1, 0.15) is 10.6 Å². The summed E-state index contributed by atoms with van der Waals surface area (Å²) in [4.78, 5) is 15.3. The first kappa shape index (κ1) is 12.4. The van der Waals surface area contributed by atoms with Crippen LogP contribution in [0.2, 0.25) is 0 Å². The molecule has 0 saturated carbocycles. The van der Waals surface area contributed by atoms with Crippen LogP contribution in [-0.2, 0) is 0 Å². The van der Waals surface area contributed by atoms with E-state index in [9.17, 15) is 4.79 Å². The third-order valence-electron chi connectivity index (χ3n) is 2.28. The van der Waals surface area contributed by atoms with Crippen molar-refractivity contribution < 1.29 is 14.6 Å². The van der Waals surface area contributed by atoms with Crippen molar-refractivity contribution in [1.82, 2.24) is 4.98 Å². The number of carboxylic acids is 1. The molecule has 0 aliphatic rings. The number of nitrogen functional groups attached to an aromatic ring is 1. The highest BCUT2D eigenvalue weighted by molar-refractivity contribution is 7.17. The number of nitrogens with zero attached hydrogens (tertiary/aromatic N) is 1. The second-order valence-corrected chi connectivity index (χ2v) is 4.52. The molecule has 0 radical (unpaired) electrons. The van der Waals surface area contributed by atoms with Crippen LogP contribution < -0.4 is 10.5 Å². The molecular weight excluding hydrogens is 252 g/mol. The Labute approximate surface area is 108 Å². The van der Waals surface area contributed by atoms with Gasteiger partial charge in [-0.25, -0.2) is 9.78 Å². The fourth-order valence-corrected chi connectivity index (χ4v) is 2.25. The smallest absolute Gasteiger partial charge is 0.348 e. The van der Waals surface area contributed by atoms with Crippen molar-refractivity contribution in [3.63, 3.8) is 0 Å². The van der Waals surface area contributed by atoms with E-state index in [2.05, 4.69) is 4.98 Å². The molecule has 0 saturated heterocycles. The molecule has 0 fully saturated rings. The minimum Gasteiger partial charge on any atom is -0.494 e. The Kier molecular flexibility index (Phi) is 3.47. The maximum atomic E-state index is 11.1. The molecule has 0 amide bonds. The Hall–Kier alpha value is -2.08. The first-order chi connectivity index (χ1) is 8.61. The molecule has 1 heterocycles. The van der Waals surface area contributed by atoms with Crippen LogP contribution in [0.5, 0.6) is 5.75 Å². The first-order valence-corrected chi connectivity index (χ1v) is 6.16. The van der Waals surface area contributed by atoms with Gasteiger partial charge in [0.05, 0.1) is 12.3 Å². The van der Waals surface area contributed by atoms with Crippen molar-refractivity contribution in [2.24, 2.45) is 0 Å². The Morgan fingerprint density at radius 2 is 2.11 bits per heavy atom. The van der Waals surface area contributed by atoms with Crippen molar-refractivity contribution in [2.75, 3.05) is 12.3 Å². The van der Waals surface area contributed by atoms with Crippen molar-refractivity contribution in [2.45, 2.75) is 6.92 Å². The Morgan fingerprint density at radius 3 is 2.67 bits per heavy atom. The highest BCUT2D eigenvalue weighted by Crippen LogP contribution is 2.30. The molecule has 2 aromatic rings. The number of anilines is 1. The molecule has 0 spiro atoms. The molecule has 6 heteroatoms. The molecular formula is C12H12N2O3S. The fraction of sp³-hybridized carbons (Fsp3) is 0.167. The number of benzene rings is 1. The number of ether oxygens (including phenoxy) is 1. The van der Waals surface area contributed by atoms with Gasteiger partial charge in [-0.1, -0.05) is 11.3 Å². The molecule has 0 aliphatic carbocycles. The van der Waals surface area contributed by atoms with Crippen LogP contribution >= 0.6 is 11.3 Å². The summed E-state index contributed by atoms with van der Waals surface area (Å²) in [6, 6.07) is 7.10. The van der Waals surface area contributed by atoms with Gasteiger partial charge < -0.3 is 15.6 Å².